The number of hydrogen-bond donors (Lipinski definition) is 1. The lowest BCUT2D eigenvalue weighted by molar-refractivity contribution is -0.116. The molecule has 2 aromatic rings. The minimum Gasteiger partial charge on any atom is -0.494 e. The monoisotopic (exact) mass is 274 g/mol. The molecule has 104 valence electrons. The lowest BCUT2D eigenvalue weighted by Crippen LogP contribution is -2.13. The van der Waals surface area contributed by atoms with Crippen LogP contribution < -0.4 is 10.1 Å². The maximum atomic E-state index is 13.5. The van der Waals surface area contributed by atoms with Crippen molar-refractivity contribution in [2.75, 3.05) is 12.4 Å². The third-order valence-corrected chi connectivity index (χ3v) is 2.79. The molecule has 0 aliphatic rings. The summed E-state index contributed by atoms with van der Waals surface area (Å²) >= 11 is 0. The van der Waals surface area contributed by atoms with Crippen molar-refractivity contribution >= 4 is 11.7 Å². The first kappa shape index (κ1) is 14.0. The Morgan fingerprint density at radius 3 is 2.85 bits per heavy atom. The summed E-state index contributed by atoms with van der Waals surface area (Å²) in [7, 11) is 1.42. The molecule has 0 bridgehead atoms. The molecule has 0 aliphatic heterocycles. The van der Waals surface area contributed by atoms with E-state index in [1.165, 1.54) is 13.2 Å². The molecule has 0 aliphatic carbocycles. The van der Waals surface area contributed by atoms with E-state index in [2.05, 4.69) is 10.3 Å². The first-order valence-corrected chi connectivity index (χ1v) is 6.22. The fourth-order valence-corrected chi connectivity index (χ4v) is 1.77. The highest BCUT2D eigenvalue weighted by Gasteiger charge is 2.06. The average molecular weight is 274 g/mol. The molecule has 2 rings (SSSR count). The van der Waals surface area contributed by atoms with E-state index in [9.17, 15) is 9.18 Å². The Bertz CT molecular complexity index is 588. The minimum absolute atomic E-state index is 0.153. The van der Waals surface area contributed by atoms with Crippen LogP contribution in [0.4, 0.5) is 10.2 Å². The minimum atomic E-state index is -0.421. The lowest BCUT2D eigenvalue weighted by Gasteiger charge is -2.06. The third kappa shape index (κ3) is 3.78. The van der Waals surface area contributed by atoms with Crippen LogP contribution in [0.5, 0.6) is 5.75 Å². The van der Waals surface area contributed by atoms with Gasteiger partial charge in [0, 0.05) is 12.6 Å². The van der Waals surface area contributed by atoms with E-state index in [-0.39, 0.29) is 18.1 Å². The van der Waals surface area contributed by atoms with Crippen molar-refractivity contribution in [3.63, 3.8) is 0 Å². The number of nitrogens with one attached hydrogen (secondary N) is 1. The number of benzene rings is 1. The van der Waals surface area contributed by atoms with Crippen LogP contribution in [0.25, 0.3) is 0 Å². The fourth-order valence-electron chi connectivity index (χ4n) is 1.77. The molecule has 1 N–H and O–H groups in total. The molecule has 0 saturated heterocycles. The van der Waals surface area contributed by atoms with E-state index < -0.39 is 5.82 Å². The number of hydrogen-bond acceptors (Lipinski definition) is 3. The number of aromatic nitrogens is 1. The Balaban J connectivity index is 1.89. The molecular formula is C15H15FN2O2. The summed E-state index contributed by atoms with van der Waals surface area (Å²) in [6, 6.07) is 9.96. The number of aryl methyl sites for hydroxylation is 1. The number of anilines is 1. The number of pyridine rings is 1. The van der Waals surface area contributed by atoms with Gasteiger partial charge in [-0.2, -0.15) is 0 Å². The number of ether oxygens (including phenoxy) is 1. The van der Waals surface area contributed by atoms with Crippen LogP contribution in [0.1, 0.15) is 12.0 Å². The molecule has 1 heterocycles. The largest absolute Gasteiger partial charge is 0.494 e. The number of halogens is 1. The molecule has 1 amide bonds. The van der Waals surface area contributed by atoms with E-state index >= 15 is 0 Å². The number of carbonyl (C=O) groups is 1. The molecule has 20 heavy (non-hydrogen) atoms. The second-order valence-corrected chi connectivity index (χ2v) is 4.23. The second kappa shape index (κ2) is 6.65. The number of rotatable bonds is 5. The third-order valence-electron chi connectivity index (χ3n) is 2.79. The normalized spacial score (nSPS) is 10.1. The summed E-state index contributed by atoms with van der Waals surface area (Å²) in [5, 5.41) is 2.68. The van der Waals surface area contributed by atoms with E-state index in [0.717, 1.165) is 5.56 Å². The summed E-state index contributed by atoms with van der Waals surface area (Å²) in [4.78, 5) is 15.7. The van der Waals surface area contributed by atoms with Crippen molar-refractivity contribution in [1.29, 1.82) is 0 Å². The first-order valence-electron chi connectivity index (χ1n) is 6.22. The summed E-state index contributed by atoms with van der Waals surface area (Å²) in [6.45, 7) is 0. The van der Waals surface area contributed by atoms with Gasteiger partial charge in [0.15, 0.2) is 11.6 Å². The van der Waals surface area contributed by atoms with Gasteiger partial charge >= 0.3 is 0 Å². The molecular weight excluding hydrogens is 259 g/mol. The summed E-state index contributed by atoms with van der Waals surface area (Å²) in [5.74, 6) is 0.139. The van der Waals surface area contributed by atoms with Gasteiger partial charge in [0.05, 0.1) is 7.11 Å². The molecule has 0 radical (unpaired) electrons. The summed E-state index contributed by atoms with van der Waals surface area (Å²) in [5.41, 5.74) is 0.750. The zero-order chi connectivity index (χ0) is 14.4. The van der Waals surface area contributed by atoms with Crippen molar-refractivity contribution < 1.29 is 13.9 Å². The van der Waals surface area contributed by atoms with Gasteiger partial charge in [-0.1, -0.05) is 12.1 Å². The standard InChI is InChI=1S/C15H15FN2O2/c1-20-13-7-5-11(10-12(13)16)6-8-15(19)18-14-4-2-3-9-17-14/h2-5,7,9-10H,6,8H2,1H3,(H,17,18,19). The number of nitrogens with zero attached hydrogens (tertiary/aromatic N) is 1. The Morgan fingerprint density at radius 1 is 1.35 bits per heavy atom. The van der Waals surface area contributed by atoms with Crippen molar-refractivity contribution in [1.82, 2.24) is 4.98 Å². The van der Waals surface area contributed by atoms with E-state index in [0.29, 0.717) is 12.2 Å². The van der Waals surface area contributed by atoms with Gasteiger partial charge in [0.2, 0.25) is 5.91 Å². The molecule has 0 fully saturated rings. The SMILES string of the molecule is COc1ccc(CCC(=O)Nc2ccccn2)cc1F. The second-order valence-electron chi connectivity index (χ2n) is 4.23. The van der Waals surface area contributed by atoms with Crippen LogP contribution in [0.15, 0.2) is 42.6 Å². The fraction of sp³-hybridized carbons (Fsp3) is 0.200. The highest BCUT2D eigenvalue weighted by atomic mass is 19.1. The Kier molecular flexibility index (Phi) is 4.65. The smallest absolute Gasteiger partial charge is 0.225 e. The molecule has 1 aromatic heterocycles. The predicted molar refractivity (Wildman–Crippen MR) is 74.1 cm³/mol. The topological polar surface area (TPSA) is 51.2 Å². The predicted octanol–water partition coefficient (Wildman–Crippen LogP) is 2.80. The van der Waals surface area contributed by atoms with E-state index in [1.807, 2.05) is 0 Å². The zero-order valence-corrected chi connectivity index (χ0v) is 11.1. The molecule has 0 unspecified atom stereocenters. The zero-order valence-electron chi connectivity index (χ0n) is 11.1. The number of amides is 1. The van der Waals surface area contributed by atoms with Crippen LogP contribution in [0.3, 0.4) is 0 Å². The van der Waals surface area contributed by atoms with Gasteiger partial charge in [0.25, 0.3) is 0 Å². The average Bonchev–Trinajstić information content (AvgIpc) is 2.46. The molecule has 1 aromatic carbocycles. The van der Waals surface area contributed by atoms with Gasteiger partial charge in [-0.3, -0.25) is 4.79 Å². The van der Waals surface area contributed by atoms with E-state index in [1.54, 1.807) is 36.5 Å². The van der Waals surface area contributed by atoms with Crippen molar-refractivity contribution in [2.24, 2.45) is 0 Å². The van der Waals surface area contributed by atoms with Crippen molar-refractivity contribution in [3.8, 4) is 5.75 Å². The Morgan fingerprint density at radius 2 is 2.20 bits per heavy atom. The summed E-state index contributed by atoms with van der Waals surface area (Å²) in [6.07, 6.45) is 2.33. The maximum absolute atomic E-state index is 13.5. The van der Waals surface area contributed by atoms with Crippen molar-refractivity contribution in [3.05, 3.63) is 54.0 Å². The van der Waals surface area contributed by atoms with Crippen LogP contribution in [0.2, 0.25) is 0 Å². The van der Waals surface area contributed by atoms with Gasteiger partial charge in [-0.05, 0) is 36.2 Å². The quantitative estimate of drug-likeness (QED) is 0.912. The van der Waals surface area contributed by atoms with Crippen LogP contribution in [-0.4, -0.2) is 18.0 Å². The van der Waals surface area contributed by atoms with Gasteiger partial charge in [-0.25, -0.2) is 9.37 Å². The van der Waals surface area contributed by atoms with Gasteiger partial charge < -0.3 is 10.1 Å². The lowest BCUT2D eigenvalue weighted by atomic mass is 10.1. The number of carbonyl (C=O) groups excluding carboxylic acids is 1. The summed E-state index contributed by atoms with van der Waals surface area (Å²) < 4.78 is 18.3. The molecule has 4 nitrogen and oxygen atoms in total. The van der Waals surface area contributed by atoms with Crippen molar-refractivity contribution in [2.45, 2.75) is 12.8 Å². The highest BCUT2D eigenvalue weighted by Crippen LogP contribution is 2.18. The van der Waals surface area contributed by atoms with Crippen LogP contribution in [-0.2, 0) is 11.2 Å². The molecule has 0 saturated carbocycles. The van der Waals surface area contributed by atoms with Gasteiger partial charge in [-0.15, -0.1) is 0 Å². The maximum Gasteiger partial charge on any atom is 0.225 e. The molecule has 5 heteroatoms. The first-order chi connectivity index (χ1) is 9.69. The number of methoxy groups -OCH3 is 1. The Labute approximate surface area is 116 Å². The van der Waals surface area contributed by atoms with Gasteiger partial charge in [0.1, 0.15) is 5.82 Å². The van der Waals surface area contributed by atoms with E-state index in [4.69, 9.17) is 4.74 Å². The highest BCUT2D eigenvalue weighted by molar-refractivity contribution is 5.89. The molecule has 0 atom stereocenters. The Hall–Kier alpha value is -2.43. The van der Waals surface area contributed by atoms with Crippen LogP contribution >= 0.6 is 0 Å². The molecule has 0 spiro atoms. The van der Waals surface area contributed by atoms with Crippen LogP contribution in [0, 0.1) is 5.82 Å².